The summed E-state index contributed by atoms with van der Waals surface area (Å²) in [7, 11) is -7.12. The van der Waals surface area contributed by atoms with E-state index in [2.05, 4.69) is 10.0 Å². The van der Waals surface area contributed by atoms with E-state index in [4.69, 9.17) is 4.74 Å². The molecule has 2 aromatic carbocycles. The van der Waals surface area contributed by atoms with E-state index in [-0.39, 0.29) is 35.3 Å². The van der Waals surface area contributed by atoms with Crippen LogP contribution in [0, 0.1) is 0 Å². The Hall–Kier alpha value is -2.96. The van der Waals surface area contributed by atoms with E-state index < -0.39 is 37.9 Å². The number of hydrogen-bond acceptors (Lipinski definition) is 7. The van der Waals surface area contributed by atoms with Gasteiger partial charge in [0.25, 0.3) is 5.91 Å². The quantitative estimate of drug-likeness (QED) is 0.610. The average molecular weight is 494 g/mol. The van der Waals surface area contributed by atoms with E-state index >= 15 is 0 Å². The number of nitrogens with one attached hydrogen (secondary N) is 2. The van der Waals surface area contributed by atoms with Crippen molar-refractivity contribution in [3.63, 3.8) is 0 Å². The van der Waals surface area contributed by atoms with Gasteiger partial charge in [0.05, 0.1) is 22.1 Å². The third kappa shape index (κ3) is 5.18. The summed E-state index contributed by atoms with van der Waals surface area (Å²) in [5, 5.41) is 2.65. The molecule has 0 spiro atoms. The monoisotopic (exact) mass is 493 g/mol. The normalized spacial score (nSPS) is 21.8. The van der Waals surface area contributed by atoms with Gasteiger partial charge in [-0.3, -0.25) is 14.5 Å². The lowest BCUT2D eigenvalue weighted by atomic mass is 10.2. The van der Waals surface area contributed by atoms with Crippen LogP contribution in [0.25, 0.3) is 0 Å². The van der Waals surface area contributed by atoms with Crippen LogP contribution >= 0.6 is 0 Å². The first-order valence-electron chi connectivity index (χ1n) is 10.2. The minimum absolute atomic E-state index is 0.0416. The molecule has 1 saturated heterocycles. The molecule has 2 amide bonds. The van der Waals surface area contributed by atoms with Gasteiger partial charge in [-0.15, -0.1) is 0 Å². The Balaban J connectivity index is 1.41. The maximum atomic E-state index is 12.6. The summed E-state index contributed by atoms with van der Waals surface area (Å²) in [5.74, 6) is -0.556. The molecule has 2 unspecified atom stereocenters. The number of nitrogens with zero attached hydrogens (tertiary/aromatic N) is 1. The Bertz CT molecular complexity index is 1290. The standard InChI is InChI=1S/C21H23N3O7S2/c1-14-21(26)24(18-4-2-3-5-19(18)31-14)12-20(25)22-15-6-8-17(9-7-15)33(29,30)23-16-10-11-32(27,28)13-16/h2-9,14,16,23H,10-13H2,1H3,(H,22,25). The van der Waals surface area contributed by atoms with E-state index in [1.807, 2.05) is 0 Å². The second-order valence-electron chi connectivity index (χ2n) is 7.95. The molecule has 0 aliphatic carbocycles. The Morgan fingerprint density at radius 2 is 1.85 bits per heavy atom. The molecular formula is C21H23N3O7S2. The minimum atomic E-state index is -3.90. The van der Waals surface area contributed by atoms with Gasteiger partial charge < -0.3 is 10.1 Å². The topological polar surface area (TPSA) is 139 Å². The molecule has 10 nitrogen and oxygen atoms in total. The van der Waals surface area contributed by atoms with E-state index in [1.54, 1.807) is 31.2 Å². The molecule has 1 fully saturated rings. The van der Waals surface area contributed by atoms with Crippen LogP contribution in [0.2, 0.25) is 0 Å². The van der Waals surface area contributed by atoms with Gasteiger partial charge >= 0.3 is 0 Å². The molecule has 12 heteroatoms. The molecule has 2 aromatic rings. The summed E-state index contributed by atoms with van der Waals surface area (Å²) in [6.45, 7) is 1.37. The highest BCUT2D eigenvalue weighted by molar-refractivity contribution is 7.92. The Morgan fingerprint density at radius 1 is 1.15 bits per heavy atom. The zero-order chi connectivity index (χ0) is 23.8. The molecule has 0 aromatic heterocycles. The molecule has 0 radical (unpaired) electrons. The predicted octanol–water partition coefficient (Wildman–Crippen LogP) is 0.905. The van der Waals surface area contributed by atoms with Crippen LogP contribution in [-0.4, -0.2) is 58.8 Å². The fourth-order valence-electron chi connectivity index (χ4n) is 3.76. The number of ether oxygens (including phenoxy) is 1. The number of para-hydroxylation sites is 2. The first-order valence-corrected chi connectivity index (χ1v) is 13.5. The second-order valence-corrected chi connectivity index (χ2v) is 11.9. The molecule has 2 heterocycles. The number of hydrogen-bond donors (Lipinski definition) is 2. The smallest absolute Gasteiger partial charge is 0.268 e. The molecule has 0 saturated carbocycles. The molecule has 4 rings (SSSR count). The number of sulfone groups is 1. The number of carbonyl (C=O) groups excluding carboxylic acids is 2. The number of sulfonamides is 1. The second kappa shape index (κ2) is 8.76. The number of rotatable bonds is 6. The number of anilines is 2. The van der Waals surface area contributed by atoms with Crippen molar-refractivity contribution in [2.24, 2.45) is 0 Å². The lowest BCUT2D eigenvalue weighted by Gasteiger charge is -2.32. The summed E-state index contributed by atoms with van der Waals surface area (Å²) in [5.41, 5.74) is 0.849. The van der Waals surface area contributed by atoms with Gasteiger partial charge in [-0.1, -0.05) is 12.1 Å². The number of amides is 2. The van der Waals surface area contributed by atoms with Gasteiger partial charge in [0.1, 0.15) is 12.3 Å². The SMILES string of the molecule is CC1Oc2ccccc2N(CC(=O)Nc2ccc(S(=O)(=O)NC3CCS(=O)(=O)C3)cc2)C1=O. The molecule has 0 bridgehead atoms. The Kier molecular flexibility index (Phi) is 6.16. The van der Waals surface area contributed by atoms with Crippen LogP contribution in [-0.2, 0) is 29.4 Å². The molecule has 2 atom stereocenters. The summed E-state index contributed by atoms with van der Waals surface area (Å²) >= 11 is 0. The van der Waals surface area contributed by atoms with Crippen LogP contribution in [0.3, 0.4) is 0 Å². The van der Waals surface area contributed by atoms with Gasteiger partial charge in [-0.25, -0.2) is 21.6 Å². The summed E-state index contributed by atoms with van der Waals surface area (Å²) in [6.07, 6.45) is -0.489. The number of carbonyl (C=O) groups is 2. The van der Waals surface area contributed by atoms with Gasteiger partial charge in [0.2, 0.25) is 15.9 Å². The van der Waals surface area contributed by atoms with Crippen molar-refractivity contribution in [1.82, 2.24) is 4.72 Å². The van der Waals surface area contributed by atoms with Crippen molar-refractivity contribution in [2.45, 2.75) is 30.4 Å². The summed E-state index contributed by atoms with van der Waals surface area (Å²) in [6, 6.07) is 11.8. The number of fused-ring (bicyclic) bond motifs is 1. The summed E-state index contributed by atoms with van der Waals surface area (Å²) < 4.78 is 56.1. The van der Waals surface area contributed by atoms with E-state index in [1.165, 1.54) is 29.2 Å². The maximum absolute atomic E-state index is 12.6. The van der Waals surface area contributed by atoms with E-state index in [9.17, 15) is 26.4 Å². The van der Waals surface area contributed by atoms with Crippen LogP contribution in [0.4, 0.5) is 11.4 Å². The lowest BCUT2D eigenvalue weighted by molar-refractivity contribution is -0.127. The van der Waals surface area contributed by atoms with Gasteiger partial charge in [-0.2, -0.15) is 0 Å². The molecular weight excluding hydrogens is 470 g/mol. The molecule has 2 N–H and O–H groups in total. The van der Waals surface area contributed by atoms with Crippen molar-refractivity contribution in [3.8, 4) is 5.75 Å². The van der Waals surface area contributed by atoms with Gasteiger partial charge in [0.15, 0.2) is 15.9 Å². The third-order valence-electron chi connectivity index (χ3n) is 5.38. The maximum Gasteiger partial charge on any atom is 0.268 e. The molecule has 176 valence electrons. The molecule has 2 aliphatic heterocycles. The van der Waals surface area contributed by atoms with E-state index in [0.717, 1.165) is 0 Å². The highest BCUT2D eigenvalue weighted by atomic mass is 32.2. The van der Waals surface area contributed by atoms with Gasteiger partial charge in [0, 0.05) is 11.7 Å². The Morgan fingerprint density at radius 3 is 2.52 bits per heavy atom. The van der Waals surface area contributed by atoms with Crippen molar-refractivity contribution < 1.29 is 31.2 Å². The predicted molar refractivity (Wildman–Crippen MR) is 121 cm³/mol. The largest absolute Gasteiger partial charge is 0.479 e. The summed E-state index contributed by atoms with van der Waals surface area (Å²) in [4.78, 5) is 26.4. The Labute approximate surface area is 191 Å². The van der Waals surface area contributed by atoms with Crippen LogP contribution in [0.15, 0.2) is 53.4 Å². The van der Waals surface area contributed by atoms with Crippen molar-refractivity contribution in [3.05, 3.63) is 48.5 Å². The molecule has 33 heavy (non-hydrogen) atoms. The van der Waals surface area contributed by atoms with Crippen molar-refractivity contribution in [2.75, 3.05) is 28.3 Å². The average Bonchev–Trinajstić information content (AvgIpc) is 3.09. The zero-order valence-electron chi connectivity index (χ0n) is 17.7. The highest BCUT2D eigenvalue weighted by Crippen LogP contribution is 2.33. The first kappa shape index (κ1) is 23.2. The van der Waals surface area contributed by atoms with Gasteiger partial charge in [-0.05, 0) is 49.7 Å². The van der Waals surface area contributed by atoms with Crippen molar-refractivity contribution in [1.29, 1.82) is 0 Å². The zero-order valence-corrected chi connectivity index (χ0v) is 19.4. The fourth-order valence-corrected chi connectivity index (χ4v) is 6.81. The van der Waals surface area contributed by atoms with Crippen LogP contribution in [0.5, 0.6) is 5.75 Å². The highest BCUT2D eigenvalue weighted by Gasteiger charge is 2.33. The van der Waals surface area contributed by atoms with Crippen molar-refractivity contribution >= 4 is 43.0 Å². The number of benzene rings is 2. The third-order valence-corrected chi connectivity index (χ3v) is 8.68. The fraction of sp³-hybridized carbons (Fsp3) is 0.333. The van der Waals surface area contributed by atoms with Crippen LogP contribution in [0.1, 0.15) is 13.3 Å². The molecule has 2 aliphatic rings. The van der Waals surface area contributed by atoms with Crippen LogP contribution < -0.4 is 19.7 Å². The minimum Gasteiger partial charge on any atom is -0.479 e. The lowest BCUT2D eigenvalue weighted by Crippen LogP contribution is -2.47. The first-order chi connectivity index (χ1) is 15.5. The van der Waals surface area contributed by atoms with E-state index in [0.29, 0.717) is 17.1 Å².